The Morgan fingerprint density at radius 2 is 1.80 bits per heavy atom. The first kappa shape index (κ1) is 17.1. The third-order valence-electron chi connectivity index (χ3n) is 4.35. The van der Waals surface area contributed by atoms with E-state index in [1.807, 2.05) is 18.2 Å². The fourth-order valence-corrected chi connectivity index (χ4v) is 3.24. The molecule has 0 aliphatic carbocycles. The van der Waals surface area contributed by atoms with Gasteiger partial charge in [-0.15, -0.1) is 0 Å². The summed E-state index contributed by atoms with van der Waals surface area (Å²) in [5.74, 6) is -0.424. The number of primary amides is 1. The lowest BCUT2D eigenvalue weighted by Gasteiger charge is -2.25. The molecule has 128 valence electrons. The number of hydrogen-bond donors (Lipinski definition) is 1. The van der Waals surface area contributed by atoms with Crippen molar-refractivity contribution in [3.63, 3.8) is 0 Å². The molecular formula is C18H18ClN5O. The normalized spacial score (nSPS) is 14.7. The Bertz CT molecular complexity index is 815. The van der Waals surface area contributed by atoms with Crippen molar-refractivity contribution in [2.75, 3.05) is 36.0 Å². The number of pyridine rings is 1. The maximum Gasteiger partial charge on any atom is 0.248 e. The van der Waals surface area contributed by atoms with Crippen molar-refractivity contribution < 1.29 is 4.79 Å². The van der Waals surface area contributed by atoms with Crippen LogP contribution in [0.5, 0.6) is 0 Å². The Labute approximate surface area is 151 Å². The molecule has 1 saturated heterocycles. The smallest absolute Gasteiger partial charge is 0.248 e. The van der Waals surface area contributed by atoms with Gasteiger partial charge in [-0.2, -0.15) is 5.26 Å². The number of nitriles is 1. The van der Waals surface area contributed by atoms with Crippen LogP contribution in [0, 0.1) is 11.3 Å². The predicted octanol–water partition coefficient (Wildman–Crippen LogP) is 2.42. The molecule has 1 aliphatic rings. The van der Waals surface area contributed by atoms with E-state index in [9.17, 15) is 10.1 Å². The van der Waals surface area contributed by atoms with E-state index in [2.05, 4.69) is 20.9 Å². The topological polar surface area (TPSA) is 86.3 Å². The number of nitrogens with two attached hydrogens (primary N) is 1. The van der Waals surface area contributed by atoms with Crippen LogP contribution in [0.4, 0.5) is 11.4 Å². The van der Waals surface area contributed by atoms with Crippen LogP contribution in [0.15, 0.2) is 36.5 Å². The van der Waals surface area contributed by atoms with Crippen LogP contribution < -0.4 is 15.5 Å². The third-order valence-corrected chi connectivity index (χ3v) is 4.63. The van der Waals surface area contributed by atoms with E-state index in [1.165, 1.54) is 0 Å². The number of carbonyl (C=O) groups is 1. The molecular weight excluding hydrogens is 338 g/mol. The number of benzene rings is 1. The summed E-state index contributed by atoms with van der Waals surface area (Å²) in [5, 5.41) is 9.59. The summed E-state index contributed by atoms with van der Waals surface area (Å²) in [7, 11) is 0. The minimum Gasteiger partial charge on any atom is -0.370 e. The molecule has 2 heterocycles. The van der Waals surface area contributed by atoms with Crippen molar-refractivity contribution in [1.82, 2.24) is 4.98 Å². The molecule has 1 fully saturated rings. The summed E-state index contributed by atoms with van der Waals surface area (Å²) < 4.78 is 0. The van der Waals surface area contributed by atoms with Gasteiger partial charge in [0, 0.05) is 43.6 Å². The Morgan fingerprint density at radius 1 is 1.12 bits per heavy atom. The summed E-state index contributed by atoms with van der Waals surface area (Å²) in [4.78, 5) is 19.6. The molecule has 0 spiro atoms. The van der Waals surface area contributed by atoms with Crippen LogP contribution in [0.2, 0.25) is 5.15 Å². The quantitative estimate of drug-likeness (QED) is 0.854. The van der Waals surface area contributed by atoms with Gasteiger partial charge in [0.2, 0.25) is 5.91 Å². The maximum absolute atomic E-state index is 11.2. The van der Waals surface area contributed by atoms with Crippen molar-refractivity contribution in [3.8, 4) is 6.07 Å². The molecule has 7 heteroatoms. The minimum atomic E-state index is -0.424. The van der Waals surface area contributed by atoms with Gasteiger partial charge in [0.25, 0.3) is 0 Å². The molecule has 2 aromatic rings. The minimum absolute atomic E-state index is 0.239. The molecule has 25 heavy (non-hydrogen) atoms. The molecule has 1 aromatic carbocycles. The molecule has 0 bridgehead atoms. The van der Waals surface area contributed by atoms with Crippen LogP contribution in [-0.4, -0.2) is 37.1 Å². The van der Waals surface area contributed by atoms with E-state index in [0.717, 1.165) is 44.0 Å². The Kier molecular flexibility index (Phi) is 5.05. The molecule has 3 rings (SSSR count). The van der Waals surface area contributed by atoms with Gasteiger partial charge in [-0.1, -0.05) is 11.6 Å². The zero-order valence-corrected chi connectivity index (χ0v) is 14.4. The molecule has 1 amide bonds. The number of aromatic nitrogens is 1. The number of anilines is 2. The van der Waals surface area contributed by atoms with E-state index in [0.29, 0.717) is 11.1 Å². The maximum atomic E-state index is 11.2. The molecule has 0 saturated carbocycles. The van der Waals surface area contributed by atoms with Gasteiger partial charge in [-0.25, -0.2) is 4.98 Å². The van der Waals surface area contributed by atoms with E-state index < -0.39 is 5.91 Å². The van der Waals surface area contributed by atoms with Gasteiger partial charge in [0.1, 0.15) is 16.8 Å². The highest BCUT2D eigenvalue weighted by molar-refractivity contribution is 6.30. The zero-order chi connectivity index (χ0) is 17.8. The van der Waals surface area contributed by atoms with Crippen LogP contribution in [0.3, 0.4) is 0 Å². The fourth-order valence-electron chi connectivity index (χ4n) is 3.05. The number of rotatable bonds is 3. The molecule has 0 unspecified atom stereocenters. The number of halogens is 1. The van der Waals surface area contributed by atoms with Gasteiger partial charge in [0.05, 0.1) is 5.69 Å². The van der Waals surface area contributed by atoms with Crippen LogP contribution in [-0.2, 0) is 0 Å². The second-order valence-electron chi connectivity index (χ2n) is 5.85. The highest BCUT2D eigenvalue weighted by Crippen LogP contribution is 2.26. The Hall–Kier alpha value is -2.78. The highest BCUT2D eigenvalue weighted by atomic mass is 35.5. The van der Waals surface area contributed by atoms with Crippen LogP contribution in [0.25, 0.3) is 0 Å². The van der Waals surface area contributed by atoms with Gasteiger partial charge >= 0.3 is 0 Å². The van der Waals surface area contributed by atoms with E-state index in [1.54, 1.807) is 18.3 Å². The highest BCUT2D eigenvalue weighted by Gasteiger charge is 2.19. The Morgan fingerprint density at radius 3 is 2.48 bits per heavy atom. The summed E-state index contributed by atoms with van der Waals surface area (Å²) >= 11 is 6.05. The zero-order valence-electron chi connectivity index (χ0n) is 13.7. The number of amides is 1. The standard InChI is InChI=1S/C18H18ClN5O/c19-17-15(12-20)16(6-7-22-17)24-9-1-8-23(10-11-24)14-4-2-13(3-5-14)18(21)25/h2-7H,1,8-11H2,(H2,21,25). The molecule has 0 atom stereocenters. The summed E-state index contributed by atoms with van der Waals surface area (Å²) in [6.07, 6.45) is 2.58. The van der Waals surface area contributed by atoms with Crippen molar-refractivity contribution >= 4 is 28.9 Å². The van der Waals surface area contributed by atoms with Gasteiger partial charge in [-0.05, 0) is 36.8 Å². The lowest BCUT2D eigenvalue weighted by Crippen LogP contribution is -2.31. The van der Waals surface area contributed by atoms with Gasteiger partial charge < -0.3 is 15.5 Å². The lowest BCUT2D eigenvalue weighted by atomic mass is 10.2. The summed E-state index contributed by atoms with van der Waals surface area (Å²) in [6, 6.07) is 11.3. The van der Waals surface area contributed by atoms with E-state index >= 15 is 0 Å². The molecule has 1 aromatic heterocycles. The van der Waals surface area contributed by atoms with Gasteiger partial charge in [-0.3, -0.25) is 4.79 Å². The SMILES string of the molecule is N#Cc1c(N2CCCN(c3ccc(C(N)=O)cc3)CC2)ccnc1Cl. The molecule has 0 radical (unpaired) electrons. The largest absolute Gasteiger partial charge is 0.370 e. The number of hydrogen-bond acceptors (Lipinski definition) is 5. The second kappa shape index (κ2) is 7.41. The number of carbonyl (C=O) groups excluding carboxylic acids is 1. The first-order valence-electron chi connectivity index (χ1n) is 8.04. The second-order valence-corrected chi connectivity index (χ2v) is 6.20. The predicted molar refractivity (Wildman–Crippen MR) is 98.0 cm³/mol. The summed E-state index contributed by atoms with van der Waals surface area (Å²) in [5.41, 5.74) is 8.10. The van der Waals surface area contributed by atoms with E-state index in [-0.39, 0.29) is 5.15 Å². The average molecular weight is 356 g/mol. The number of nitrogens with zero attached hydrogens (tertiary/aromatic N) is 4. The average Bonchev–Trinajstić information content (AvgIpc) is 2.87. The summed E-state index contributed by atoms with van der Waals surface area (Å²) in [6.45, 7) is 3.31. The van der Waals surface area contributed by atoms with E-state index in [4.69, 9.17) is 17.3 Å². The van der Waals surface area contributed by atoms with Gasteiger partial charge in [0.15, 0.2) is 0 Å². The van der Waals surface area contributed by atoms with Crippen LogP contribution in [0.1, 0.15) is 22.3 Å². The third kappa shape index (κ3) is 3.67. The molecule has 1 aliphatic heterocycles. The Balaban J connectivity index is 1.76. The first-order chi connectivity index (χ1) is 12.1. The van der Waals surface area contributed by atoms with Crippen molar-refractivity contribution in [2.45, 2.75) is 6.42 Å². The van der Waals surface area contributed by atoms with Crippen molar-refractivity contribution in [1.29, 1.82) is 5.26 Å². The van der Waals surface area contributed by atoms with Crippen molar-refractivity contribution in [2.24, 2.45) is 5.73 Å². The van der Waals surface area contributed by atoms with Crippen LogP contribution >= 0.6 is 11.6 Å². The first-order valence-corrected chi connectivity index (χ1v) is 8.42. The monoisotopic (exact) mass is 355 g/mol. The lowest BCUT2D eigenvalue weighted by molar-refractivity contribution is 0.100. The fraction of sp³-hybridized carbons (Fsp3) is 0.278. The molecule has 2 N–H and O–H groups in total. The van der Waals surface area contributed by atoms with Crippen molar-refractivity contribution in [3.05, 3.63) is 52.8 Å². The molecule has 6 nitrogen and oxygen atoms in total.